The first kappa shape index (κ1) is 23.3. The maximum atomic E-state index is 12.0. The van der Waals surface area contributed by atoms with Gasteiger partial charge in [-0.3, -0.25) is 15.0 Å². The normalized spacial score (nSPS) is 22.1. The van der Waals surface area contributed by atoms with Crippen LogP contribution in [0, 0.1) is 12.3 Å². The summed E-state index contributed by atoms with van der Waals surface area (Å²) in [4.78, 5) is 24.6. The van der Waals surface area contributed by atoms with E-state index in [9.17, 15) is 4.79 Å². The monoisotopic (exact) mass is 474 g/mol. The van der Waals surface area contributed by atoms with Gasteiger partial charge in [0.25, 0.3) is 0 Å². The highest BCUT2D eigenvalue weighted by Gasteiger charge is 2.48. The lowest BCUT2D eigenvalue weighted by atomic mass is 9.75. The molecule has 1 amide bonds. The van der Waals surface area contributed by atoms with Crippen molar-refractivity contribution in [3.05, 3.63) is 71.4 Å². The maximum absolute atomic E-state index is 12.0. The standard InChI is InChI=1S/C27H30N4O4/c1-18-13-20(22-5-3-4-6-23(22)28-18)16-34-21-9-7-19(8-10-21)24-14-25(35-30-24)27(15-26(32)29-33)11-12-31(2)17-27/h3-10,13,25,33H,11-12,14-17H2,1-2H3,(H,29,32). The van der Waals surface area contributed by atoms with E-state index >= 15 is 0 Å². The predicted octanol–water partition coefficient (Wildman–Crippen LogP) is 3.83. The number of aryl methyl sites for hydroxylation is 1. The molecule has 8 heteroatoms. The first-order chi connectivity index (χ1) is 17.0. The number of pyridine rings is 1. The molecule has 2 atom stereocenters. The third-order valence-electron chi connectivity index (χ3n) is 7.08. The first-order valence-corrected chi connectivity index (χ1v) is 11.9. The summed E-state index contributed by atoms with van der Waals surface area (Å²) in [5.74, 6) is 0.382. The molecule has 8 nitrogen and oxygen atoms in total. The number of carbonyl (C=O) groups excluding carboxylic acids is 1. The summed E-state index contributed by atoms with van der Waals surface area (Å²) in [5, 5.41) is 14.5. The highest BCUT2D eigenvalue weighted by molar-refractivity contribution is 6.01. The van der Waals surface area contributed by atoms with Gasteiger partial charge in [-0.25, -0.2) is 5.48 Å². The van der Waals surface area contributed by atoms with Crippen LogP contribution in [-0.4, -0.2) is 53.0 Å². The number of hydrogen-bond acceptors (Lipinski definition) is 7. The van der Waals surface area contributed by atoms with E-state index in [1.54, 1.807) is 5.48 Å². The largest absolute Gasteiger partial charge is 0.489 e. The van der Waals surface area contributed by atoms with Gasteiger partial charge in [0.15, 0.2) is 0 Å². The fraction of sp³-hybridized carbons (Fsp3) is 0.370. The number of likely N-dealkylation sites (tertiary alicyclic amines) is 1. The summed E-state index contributed by atoms with van der Waals surface area (Å²) in [5.41, 5.74) is 6.27. The van der Waals surface area contributed by atoms with Crippen molar-refractivity contribution < 1.29 is 19.6 Å². The Morgan fingerprint density at radius 1 is 1.26 bits per heavy atom. The Bertz CT molecular complexity index is 1260. The molecule has 2 unspecified atom stereocenters. The topological polar surface area (TPSA) is 96.3 Å². The van der Waals surface area contributed by atoms with Gasteiger partial charge < -0.3 is 14.5 Å². The van der Waals surface area contributed by atoms with Crippen LogP contribution in [0.15, 0.2) is 59.8 Å². The van der Waals surface area contributed by atoms with Crippen LogP contribution in [0.1, 0.15) is 36.1 Å². The van der Waals surface area contributed by atoms with Gasteiger partial charge in [-0.15, -0.1) is 0 Å². The van der Waals surface area contributed by atoms with Crippen molar-refractivity contribution in [1.29, 1.82) is 0 Å². The van der Waals surface area contributed by atoms with Crippen molar-refractivity contribution in [1.82, 2.24) is 15.4 Å². The number of amides is 1. The molecule has 0 spiro atoms. The molecular weight excluding hydrogens is 444 g/mol. The number of benzene rings is 2. The second kappa shape index (κ2) is 9.64. The lowest BCUT2D eigenvalue weighted by Gasteiger charge is -2.32. The Balaban J connectivity index is 1.25. The van der Waals surface area contributed by atoms with Crippen molar-refractivity contribution in [2.45, 2.75) is 38.9 Å². The molecule has 2 aromatic carbocycles. The molecule has 5 rings (SSSR count). The zero-order chi connectivity index (χ0) is 24.4. The van der Waals surface area contributed by atoms with Crippen LogP contribution in [0.2, 0.25) is 0 Å². The number of rotatable bonds is 7. The van der Waals surface area contributed by atoms with Gasteiger partial charge in [-0.05, 0) is 68.9 Å². The molecule has 3 heterocycles. The Labute approximate surface area is 204 Å². The zero-order valence-corrected chi connectivity index (χ0v) is 20.0. The number of hydrogen-bond donors (Lipinski definition) is 2. The molecule has 2 N–H and O–H groups in total. The number of para-hydroxylation sites is 1. The molecule has 2 aliphatic rings. The Morgan fingerprint density at radius 2 is 2.06 bits per heavy atom. The van der Waals surface area contributed by atoms with Crippen LogP contribution in [0.4, 0.5) is 0 Å². The number of nitrogens with zero attached hydrogens (tertiary/aromatic N) is 3. The molecule has 0 saturated carbocycles. The van der Waals surface area contributed by atoms with E-state index in [4.69, 9.17) is 14.8 Å². The van der Waals surface area contributed by atoms with E-state index in [0.29, 0.717) is 13.0 Å². The van der Waals surface area contributed by atoms with Crippen LogP contribution in [0.25, 0.3) is 10.9 Å². The number of aromatic nitrogens is 1. The predicted molar refractivity (Wildman–Crippen MR) is 132 cm³/mol. The molecule has 3 aromatic rings. The zero-order valence-electron chi connectivity index (χ0n) is 20.0. The number of nitrogens with one attached hydrogen (secondary N) is 1. The summed E-state index contributed by atoms with van der Waals surface area (Å²) in [7, 11) is 2.03. The van der Waals surface area contributed by atoms with E-state index in [2.05, 4.69) is 27.2 Å². The van der Waals surface area contributed by atoms with Crippen LogP contribution < -0.4 is 10.2 Å². The third-order valence-corrected chi connectivity index (χ3v) is 7.08. The minimum Gasteiger partial charge on any atom is -0.489 e. The maximum Gasteiger partial charge on any atom is 0.244 e. The van der Waals surface area contributed by atoms with Gasteiger partial charge in [-0.1, -0.05) is 23.4 Å². The third kappa shape index (κ3) is 4.85. The molecule has 0 bridgehead atoms. The number of fused-ring (bicyclic) bond motifs is 1. The van der Waals surface area contributed by atoms with Crippen LogP contribution >= 0.6 is 0 Å². The molecule has 1 aromatic heterocycles. The van der Waals surface area contributed by atoms with Crippen molar-refractivity contribution in [3.8, 4) is 5.75 Å². The highest BCUT2D eigenvalue weighted by Crippen LogP contribution is 2.42. The van der Waals surface area contributed by atoms with E-state index in [0.717, 1.165) is 58.7 Å². The second-order valence-corrected chi connectivity index (χ2v) is 9.65. The summed E-state index contributed by atoms with van der Waals surface area (Å²) in [6.45, 7) is 4.06. The van der Waals surface area contributed by atoms with Crippen molar-refractivity contribution in [2.24, 2.45) is 10.6 Å². The number of hydroxylamine groups is 1. The molecule has 0 aliphatic carbocycles. The molecular formula is C27H30N4O4. The molecule has 182 valence electrons. The summed E-state index contributed by atoms with van der Waals surface area (Å²) >= 11 is 0. The smallest absolute Gasteiger partial charge is 0.244 e. The van der Waals surface area contributed by atoms with Gasteiger partial charge in [0.05, 0.1) is 11.2 Å². The van der Waals surface area contributed by atoms with Crippen molar-refractivity contribution >= 4 is 22.5 Å². The quantitative estimate of drug-likeness (QED) is 0.399. The van der Waals surface area contributed by atoms with E-state index < -0.39 is 5.91 Å². The fourth-order valence-electron chi connectivity index (χ4n) is 5.28. The molecule has 0 radical (unpaired) electrons. The average Bonchev–Trinajstić information content (AvgIpc) is 3.51. The number of oxime groups is 1. The molecule has 1 saturated heterocycles. The minimum absolute atomic E-state index is 0.206. The Hall–Kier alpha value is -3.49. The Morgan fingerprint density at radius 3 is 2.80 bits per heavy atom. The number of carbonyl (C=O) groups is 1. The van der Waals surface area contributed by atoms with Gasteiger partial charge >= 0.3 is 0 Å². The van der Waals surface area contributed by atoms with Gasteiger partial charge in [0, 0.05) is 41.4 Å². The highest BCUT2D eigenvalue weighted by atomic mass is 16.6. The summed E-state index contributed by atoms with van der Waals surface area (Å²) < 4.78 is 6.09. The number of ether oxygens (including phenoxy) is 1. The first-order valence-electron chi connectivity index (χ1n) is 11.9. The lowest BCUT2D eigenvalue weighted by Crippen LogP contribution is -2.42. The fourth-order valence-corrected chi connectivity index (χ4v) is 5.28. The van der Waals surface area contributed by atoms with Crippen LogP contribution in [-0.2, 0) is 16.2 Å². The van der Waals surface area contributed by atoms with Gasteiger partial charge in [0.1, 0.15) is 18.5 Å². The van der Waals surface area contributed by atoms with E-state index in [1.165, 1.54) is 0 Å². The molecule has 1 fully saturated rings. The average molecular weight is 475 g/mol. The summed E-state index contributed by atoms with van der Waals surface area (Å²) in [6.07, 6.45) is 1.44. The molecule has 35 heavy (non-hydrogen) atoms. The van der Waals surface area contributed by atoms with E-state index in [1.807, 2.05) is 56.4 Å². The SMILES string of the molecule is Cc1cc(COc2ccc(C3=NOC(C4(CC(=O)NO)CCN(C)C4)C3)cc2)c2ccccc2n1. The summed E-state index contributed by atoms with van der Waals surface area (Å²) in [6, 6.07) is 18.0. The van der Waals surface area contributed by atoms with Gasteiger partial charge in [0.2, 0.25) is 5.91 Å². The van der Waals surface area contributed by atoms with E-state index in [-0.39, 0.29) is 17.9 Å². The van der Waals surface area contributed by atoms with Crippen LogP contribution in [0.3, 0.4) is 0 Å². The Kier molecular flexibility index (Phi) is 6.40. The van der Waals surface area contributed by atoms with Gasteiger partial charge in [-0.2, -0.15) is 0 Å². The molecule has 2 aliphatic heterocycles. The lowest BCUT2D eigenvalue weighted by molar-refractivity contribution is -0.134. The van der Waals surface area contributed by atoms with Crippen molar-refractivity contribution in [3.63, 3.8) is 0 Å². The van der Waals surface area contributed by atoms with Crippen LogP contribution in [0.5, 0.6) is 5.75 Å². The second-order valence-electron chi connectivity index (χ2n) is 9.65. The minimum atomic E-state index is -0.393. The van der Waals surface area contributed by atoms with Crippen molar-refractivity contribution in [2.75, 3.05) is 20.1 Å².